The van der Waals surface area contributed by atoms with Gasteiger partial charge in [-0.25, -0.2) is 9.18 Å². The lowest BCUT2D eigenvalue weighted by Crippen LogP contribution is -3.09. The van der Waals surface area contributed by atoms with E-state index in [1.165, 1.54) is 18.2 Å². The highest BCUT2D eigenvalue weighted by molar-refractivity contribution is 6.01. The second-order valence-electron chi connectivity index (χ2n) is 5.64. The van der Waals surface area contributed by atoms with Crippen molar-refractivity contribution in [2.24, 2.45) is 0 Å². The number of imide groups is 1. The van der Waals surface area contributed by atoms with E-state index in [2.05, 4.69) is 10.6 Å². The van der Waals surface area contributed by atoms with Crippen LogP contribution >= 0.6 is 0 Å². The first-order chi connectivity index (χ1) is 12.0. The van der Waals surface area contributed by atoms with E-state index in [0.29, 0.717) is 6.54 Å². The highest BCUT2D eigenvalue weighted by Crippen LogP contribution is 2.12. The highest BCUT2D eigenvalue weighted by atomic mass is 19.1. The van der Waals surface area contributed by atoms with E-state index in [0.717, 1.165) is 16.2 Å². The van der Waals surface area contributed by atoms with E-state index in [1.54, 1.807) is 13.2 Å². The average molecular weight is 346 g/mol. The van der Waals surface area contributed by atoms with Gasteiger partial charge < -0.3 is 15.0 Å². The Kier molecular flexibility index (Phi) is 6.47. The van der Waals surface area contributed by atoms with Crippen molar-refractivity contribution in [3.8, 4) is 5.75 Å². The molecule has 0 bridgehead atoms. The molecule has 1 atom stereocenters. The number of urea groups is 1. The number of halogens is 1. The molecule has 6 nitrogen and oxygen atoms in total. The summed E-state index contributed by atoms with van der Waals surface area (Å²) in [5.74, 6) is -0.240. The summed E-state index contributed by atoms with van der Waals surface area (Å²) in [4.78, 5) is 24.6. The summed E-state index contributed by atoms with van der Waals surface area (Å²) in [6.45, 7) is 0.725. The van der Waals surface area contributed by atoms with Crippen LogP contribution in [0.25, 0.3) is 0 Å². The lowest BCUT2D eigenvalue weighted by Gasteiger charge is -2.14. The molecule has 0 saturated carbocycles. The van der Waals surface area contributed by atoms with Crippen LogP contribution in [-0.4, -0.2) is 32.6 Å². The van der Waals surface area contributed by atoms with Gasteiger partial charge in [0.1, 0.15) is 18.1 Å². The van der Waals surface area contributed by atoms with Crippen molar-refractivity contribution in [3.05, 3.63) is 59.9 Å². The third-order valence-electron chi connectivity index (χ3n) is 3.50. The molecular weight excluding hydrogens is 325 g/mol. The molecule has 7 heteroatoms. The number of benzene rings is 2. The molecule has 0 spiro atoms. The van der Waals surface area contributed by atoms with Gasteiger partial charge >= 0.3 is 6.03 Å². The van der Waals surface area contributed by atoms with Crippen molar-refractivity contribution in [3.63, 3.8) is 0 Å². The van der Waals surface area contributed by atoms with Crippen LogP contribution in [0.4, 0.5) is 14.9 Å². The molecule has 3 amide bonds. The number of likely N-dealkylation sites (N-methyl/N-ethyl adjacent to an activating group) is 1. The van der Waals surface area contributed by atoms with Gasteiger partial charge in [-0.3, -0.25) is 10.1 Å². The first kappa shape index (κ1) is 18.4. The number of quaternary nitrogens is 1. The maximum absolute atomic E-state index is 13.5. The first-order valence-electron chi connectivity index (χ1n) is 7.77. The van der Waals surface area contributed by atoms with Gasteiger partial charge in [0.25, 0.3) is 5.91 Å². The molecule has 0 fully saturated rings. The number of carbonyl (C=O) groups excluding carboxylic acids is 2. The summed E-state index contributed by atoms with van der Waals surface area (Å²) in [6.07, 6.45) is 0. The molecule has 3 N–H and O–H groups in total. The maximum atomic E-state index is 13.5. The van der Waals surface area contributed by atoms with Gasteiger partial charge in [0, 0.05) is 5.56 Å². The molecule has 0 aliphatic rings. The topological polar surface area (TPSA) is 71.9 Å². The molecule has 0 aromatic heterocycles. The predicted molar refractivity (Wildman–Crippen MR) is 92.0 cm³/mol. The fourth-order valence-corrected chi connectivity index (χ4v) is 2.32. The highest BCUT2D eigenvalue weighted by Gasteiger charge is 2.14. The van der Waals surface area contributed by atoms with Gasteiger partial charge in [-0.1, -0.05) is 12.1 Å². The number of para-hydroxylation sites is 1. The lowest BCUT2D eigenvalue weighted by molar-refractivity contribution is -0.885. The van der Waals surface area contributed by atoms with E-state index in [-0.39, 0.29) is 12.2 Å². The SMILES string of the molecule is COc1ccc(C[NH+](C)CC(=O)NC(=O)Nc2ccccc2F)cc1. The minimum atomic E-state index is -0.757. The average Bonchev–Trinajstić information content (AvgIpc) is 2.57. The number of amides is 3. The number of hydrogen-bond acceptors (Lipinski definition) is 3. The summed E-state index contributed by atoms with van der Waals surface area (Å²) in [5, 5.41) is 4.50. The van der Waals surface area contributed by atoms with E-state index in [1.807, 2.05) is 31.3 Å². The van der Waals surface area contributed by atoms with Crippen LogP contribution in [0.3, 0.4) is 0 Å². The number of rotatable bonds is 6. The third-order valence-corrected chi connectivity index (χ3v) is 3.50. The Morgan fingerprint density at radius 3 is 2.44 bits per heavy atom. The Morgan fingerprint density at radius 2 is 1.80 bits per heavy atom. The van der Waals surface area contributed by atoms with Crippen LogP contribution < -0.4 is 20.3 Å². The third kappa shape index (κ3) is 5.89. The van der Waals surface area contributed by atoms with Crippen LogP contribution in [0, 0.1) is 5.82 Å². The number of ether oxygens (including phenoxy) is 1. The molecule has 1 unspecified atom stereocenters. The summed E-state index contributed by atoms with van der Waals surface area (Å²) in [6, 6.07) is 12.5. The first-order valence-corrected chi connectivity index (χ1v) is 7.77. The zero-order valence-electron chi connectivity index (χ0n) is 14.1. The molecular formula is C18H21FN3O3+. The van der Waals surface area contributed by atoms with Crippen LogP contribution in [-0.2, 0) is 11.3 Å². The van der Waals surface area contributed by atoms with E-state index in [4.69, 9.17) is 4.74 Å². The molecule has 2 aromatic rings. The normalized spacial score (nSPS) is 11.5. The predicted octanol–water partition coefficient (Wildman–Crippen LogP) is 1.20. The number of hydrogen-bond donors (Lipinski definition) is 3. The van der Waals surface area contributed by atoms with Gasteiger partial charge in [0.2, 0.25) is 0 Å². The van der Waals surface area contributed by atoms with Gasteiger partial charge in [0.15, 0.2) is 6.54 Å². The van der Waals surface area contributed by atoms with Crippen molar-refractivity contribution in [2.75, 3.05) is 26.0 Å². The lowest BCUT2D eigenvalue weighted by atomic mass is 10.2. The van der Waals surface area contributed by atoms with E-state index in [9.17, 15) is 14.0 Å². The molecule has 0 heterocycles. The molecule has 0 aliphatic heterocycles. The Bertz CT molecular complexity index is 735. The summed E-state index contributed by atoms with van der Waals surface area (Å²) in [7, 11) is 3.45. The Hall–Kier alpha value is -2.93. The summed E-state index contributed by atoms with van der Waals surface area (Å²) < 4.78 is 18.6. The molecule has 0 saturated heterocycles. The van der Waals surface area contributed by atoms with Crippen molar-refractivity contribution >= 4 is 17.6 Å². The minimum absolute atomic E-state index is 0.0201. The van der Waals surface area contributed by atoms with Crippen molar-refractivity contribution < 1.29 is 23.6 Å². The van der Waals surface area contributed by atoms with E-state index < -0.39 is 17.8 Å². The maximum Gasteiger partial charge on any atom is 0.326 e. The van der Waals surface area contributed by atoms with E-state index >= 15 is 0 Å². The molecule has 2 rings (SSSR count). The number of nitrogens with one attached hydrogen (secondary N) is 3. The van der Waals surface area contributed by atoms with Gasteiger partial charge in [0.05, 0.1) is 19.8 Å². The van der Waals surface area contributed by atoms with Crippen LogP contribution in [0.2, 0.25) is 0 Å². The van der Waals surface area contributed by atoms with Crippen LogP contribution in [0.5, 0.6) is 5.75 Å². The Balaban J connectivity index is 1.80. The fourth-order valence-electron chi connectivity index (χ4n) is 2.32. The quantitative estimate of drug-likeness (QED) is 0.736. The Labute approximate surface area is 145 Å². The van der Waals surface area contributed by atoms with Gasteiger partial charge in [-0.2, -0.15) is 0 Å². The second kappa shape index (κ2) is 8.79. The summed E-state index contributed by atoms with van der Waals surface area (Å²) in [5.41, 5.74) is 1.06. The van der Waals surface area contributed by atoms with Crippen molar-refractivity contribution in [2.45, 2.75) is 6.54 Å². The van der Waals surface area contributed by atoms with Crippen molar-refractivity contribution in [1.29, 1.82) is 0 Å². The number of methoxy groups -OCH3 is 1. The molecule has 0 radical (unpaired) electrons. The zero-order valence-corrected chi connectivity index (χ0v) is 14.1. The van der Waals surface area contributed by atoms with Crippen LogP contribution in [0.15, 0.2) is 48.5 Å². The molecule has 25 heavy (non-hydrogen) atoms. The number of anilines is 1. The number of carbonyl (C=O) groups is 2. The molecule has 2 aromatic carbocycles. The van der Waals surface area contributed by atoms with Crippen molar-refractivity contribution in [1.82, 2.24) is 5.32 Å². The summed E-state index contributed by atoms with van der Waals surface area (Å²) >= 11 is 0. The standard InChI is InChI=1S/C18H20FN3O3/c1-22(11-13-7-9-14(25-2)10-8-13)12-17(23)21-18(24)20-16-6-4-3-5-15(16)19/h3-10H,11-12H2,1-2H3,(H2,20,21,23,24)/p+1. The zero-order chi connectivity index (χ0) is 18.2. The monoisotopic (exact) mass is 346 g/mol. The fraction of sp³-hybridized carbons (Fsp3) is 0.222. The van der Waals surface area contributed by atoms with Gasteiger partial charge in [-0.05, 0) is 36.4 Å². The molecule has 132 valence electrons. The largest absolute Gasteiger partial charge is 0.497 e. The Morgan fingerprint density at radius 1 is 1.12 bits per heavy atom. The van der Waals surface area contributed by atoms with Gasteiger partial charge in [-0.15, -0.1) is 0 Å². The van der Waals surface area contributed by atoms with Crippen LogP contribution in [0.1, 0.15) is 5.56 Å². The minimum Gasteiger partial charge on any atom is -0.497 e. The smallest absolute Gasteiger partial charge is 0.326 e. The molecule has 0 aliphatic carbocycles. The second-order valence-corrected chi connectivity index (χ2v) is 5.64.